The highest BCUT2D eigenvalue weighted by molar-refractivity contribution is 7.89. The maximum atomic E-state index is 13.2. The number of hydrogen-bond acceptors (Lipinski definition) is 10. The Balaban J connectivity index is 0.000000503. The van der Waals surface area contributed by atoms with Gasteiger partial charge in [0.25, 0.3) is 0 Å². The van der Waals surface area contributed by atoms with Crippen LogP contribution in [0.3, 0.4) is 0 Å². The SMILES string of the molecule is CCCCS(=O)(=O)N1C(=O)[C@H](CCC)[C@@H]2[C@@H]1CCN2S(=O)(=O)CCCN1CCCCC1.O=C(O)C(O)C(O)C(=O)O. The van der Waals surface area contributed by atoms with Gasteiger partial charge < -0.3 is 25.3 Å². The van der Waals surface area contributed by atoms with Crippen LogP contribution in [-0.2, 0) is 34.4 Å². The van der Waals surface area contributed by atoms with Crippen LogP contribution in [0.4, 0.5) is 0 Å². The Labute approximate surface area is 242 Å². The van der Waals surface area contributed by atoms with Gasteiger partial charge in [-0.05, 0) is 58.2 Å². The van der Waals surface area contributed by atoms with Gasteiger partial charge in [-0.2, -0.15) is 4.31 Å². The summed E-state index contributed by atoms with van der Waals surface area (Å²) in [5.74, 6) is -4.50. The molecule has 16 heteroatoms. The predicted molar refractivity (Wildman–Crippen MR) is 149 cm³/mol. The molecule has 2 unspecified atom stereocenters. The second-order valence-electron chi connectivity index (χ2n) is 10.8. The topological polar surface area (TPSA) is 210 Å². The molecule has 3 heterocycles. The molecule has 14 nitrogen and oxygen atoms in total. The van der Waals surface area contributed by atoms with Crippen molar-refractivity contribution in [2.75, 3.05) is 37.7 Å². The van der Waals surface area contributed by atoms with Crippen LogP contribution in [-0.4, -0.2) is 131 Å². The Morgan fingerprint density at radius 1 is 0.854 bits per heavy atom. The number of carbonyl (C=O) groups is 3. The van der Waals surface area contributed by atoms with Gasteiger partial charge in [-0.3, -0.25) is 4.79 Å². The van der Waals surface area contributed by atoms with E-state index in [2.05, 4.69) is 4.90 Å². The standard InChI is InChI=1S/C21H39N3O5S2.C4H6O6/c1-3-5-16-31(28,29)24-19-11-15-23(20(19)18(10-4-2)21(24)25)30(26,27)17-9-14-22-12-7-6-8-13-22;5-1(3(7)8)2(6)4(9)10/h18-20H,3-17H2,1-2H3;1-2,5-6H,(H,7,8)(H,9,10)/t18-,19+,20-;/m1./s1. The number of carbonyl (C=O) groups excluding carboxylic acids is 1. The number of amides is 1. The molecule has 0 radical (unpaired) electrons. The van der Waals surface area contributed by atoms with Crippen LogP contribution in [0.2, 0.25) is 0 Å². The molecule has 0 spiro atoms. The van der Waals surface area contributed by atoms with E-state index >= 15 is 0 Å². The van der Waals surface area contributed by atoms with Gasteiger partial charge >= 0.3 is 11.9 Å². The van der Waals surface area contributed by atoms with Crippen LogP contribution in [0.15, 0.2) is 0 Å². The average molecular weight is 628 g/mol. The van der Waals surface area contributed by atoms with E-state index in [1.54, 1.807) is 0 Å². The van der Waals surface area contributed by atoms with Crippen molar-refractivity contribution in [3.05, 3.63) is 0 Å². The molecule has 0 bridgehead atoms. The zero-order valence-corrected chi connectivity index (χ0v) is 25.4. The Bertz CT molecular complexity index is 1090. The fourth-order valence-electron chi connectivity index (χ4n) is 5.71. The number of fused-ring (bicyclic) bond motifs is 1. The number of carboxylic acid groups (broad SMARTS) is 2. The molecular weight excluding hydrogens is 582 g/mol. The number of likely N-dealkylation sites (tertiary alicyclic amines) is 1. The Morgan fingerprint density at radius 2 is 1.41 bits per heavy atom. The Hall–Kier alpha value is -1.85. The molecule has 0 aliphatic carbocycles. The van der Waals surface area contributed by atoms with E-state index in [-0.39, 0.29) is 11.5 Å². The molecule has 3 aliphatic heterocycles. The fourth-order valence-corrected chi connectivity index (χ4v) is 9.38. The van der Waals surface area contributed by atoms with E-state index in [0.29, 0.717) is 38.6 Å². The normalized spacial score (nSPS) is 25.3. The molecule has 0 aromatic rings. The molecule has 1 amide bonds. The summed E-state index contributed by atoms with van der Waals surface area (Å²) in [6.07, 6.45) is 2.48. The second-order valence-corrected chi connectivity index (χ2v) is 14.8. The van der Waals surface area contributed by atoms with E-state index in [1.807, 2.05) is 13.8 Å². The number of nitrogens with zero attached hydrogens (tertiary/aromatic N) is 3. The second kappa shape index (κ2) is 15.6. The number of sulfonamides is 2. The summed E-state index contributed by atoms with van der Waals surface area (Å²) in [6, 6.07) is -1.10. The van der Waals surface area contributed by atoms with Crippen LogP contribution in [0, 0.1) is 5.92 Å². The van der Waals surface area contributed by atoms with E-state index in [9.17, 15) is 31.2 Å². The number of aliphatic hydroxyl groups excluding tert-OH is 2. The highest BCUT2D eigenvalue weighted by Gasteiger charge is 2.58. The maximum absolute atomic E-state index is 13.2. The smallest absolute Gasteiger partial charge is 0.335 e. The zero-order valence-electron chi connectivity index (χ0n) is 23.8. The third-order valence-corrected chi connectivity index (χ3v) is 11.6. The van der Waals surface area contributed by atoms with Crippen molar-refractivity contribution in [3.8, 4) is 0 Å². The highest BCUT2D eigenvalue weighted by atomic mass is 32.2. The Kier molecular flexibility index (Phi) is 13.4. The average Bonchev–Trinajstić information content (AvgIpc) is 3.46. The summed E-state index contributed by atoms with van der Waals surface area (Å²) in [6.45, 7) is 7.00. The first-order valence-corrected chi connectivity index (χ1v) is 17.5. The van der Waals surface area contributed by atoms with Gasteiger partial charge in [-0.1, -0.05) is 33.1 Å². The van der Waals surface area contributed by atoms with Gasteiger partial charge in [0.15, 0.2) is 12.2 Å². The minimum atomic E-state index is -3.72. The third kappa shape index (κ3) is 9.07. The van der Waals surface area contributed by atoms with Crippen LogP contribution in [0.25, 0.3) is 0 Å². The summed E-state index contributed by atoms with van der Waals surface area (Å²) in [7, 11) is -7.26. The lowest BCUT2D eigenvalue weighted by atomic mass is 9.95. The lowest BCUT2D eigenvalue weighted by molar-refractivity contribution is -0.165. The number of unbranched alkanes of at least 4 members (excludes halogenated alkanes) is 1. The van der Waals surface area contributed by atoms with Crippen molar-refractivity contribution in [2.45, 2.75) is 95.9 Å². The third-order valence-electron chi connectivity index (χ3n) is 7.76. The summed E-state index contributed by atoms with van der Waals surface area (Å²) in [5, 5.41) is 32.5. The molecule has 0 aromatic heterocycles. The highest BCUT2D eigenvalue weighted by Crippen LogP contribution is 2.41. The van der Waals surface area contributed by atoms with Crippen LogP contribution in [0.5, 0.6) is 0 Å². The molecule has 0 aromatic carbocycles. The van der Waals surface area contributed by atoms with Crippen LogP contribution >= 0.6 is 0 Å². The lowest BCUT2D eigenvalue weighted by Crippen LogP contribution is -2.44. The first-order valence-electron chi connectivity index (χ1n) is 14.3. The van der Waals surface area contributed by atoms with Crippen molar-refractivity contribution >= 4 is 37.9 Å². The minimum absolute atomic E-state index is 0.0557. The molecule has 5 atom stereocenters. The Morgan fingerprint density at radius 3 is 1.93 bits per heavy atom. The number of carboxylic acids is 2. The van der Waals surface area contributed by atoms with Gasteiger partial charge in [0.2, 0.25) is 26.0 Å². The van der Waals surface area contributed by atoms with Gasteiger partial charge in [0.1, 0.15) is 0 Å². The summed E-state index contributed by atoms with van der Waals surface area (Å²) in [5.41, 5.74) is 0. The van der Waals surface area contributed by atoms with Gasteiger partial charge in [0.05, 0.1) is 29.5 Å². The molecule has 3 saturated heterocycles. The number of aliphatic hydroxyl groups is 2. The summed E-state index contributed by atoms with van der Waals surface area (Å²) < 4.78 is 54.9. The van der Waals surface area contributed by atoms with E-state index in [1.165, 1.54) is 23.6 Å². The van der Waals surface area contributed by atoms with Crippen molar-refractivity contribution in [1.29, 1.82) is 0 Å². The number of piperidine rings is 1. The van der Waals surface area contributed by atoms with Crippen molar-refractivity contribution in [2.24, 2.45) is 5.92 Å². The summed E-state index contributed by atoms with van der Waals surface area (Å²) >= 11 is 0. The number of hydrogen-bond donors (Lipinski definition) is 4. The van der Waals surface area contributed by atoms with Gasteiger partial charge in [0, 0.05) is 6.54 Å². The zero-order chi connectivity index (χ0) is 31.0. The van der Waals surface area contributed by atoms with Crippen LogP contribution in [0.1, 0.15) is 71.6 Å². The first-order chi connectivity index (χ1) is 19.2. The number of rotatable bonds is 14. The van der Waals surface area contributed by atoms with Crippen molar-refractivity contribution < 1.29 is 51.6 Å². The maximum Gasteiger partial charge on any atom is 0.335 e. The van der Waals surface area contributed by atoms with Gasteiger partial charge in [-0.15, -0.1) is 0 Å². The largest absolute Gasteiger partial charge is 0.479 e. The molecule has 4 N–H and O–H groups in total. The molecule has 41 heavy (non-hydrogen) atoms. The van der Waals surface area contributed by atoms with Crippen molar-refractivity contribution in [1.82, 2.24) is 13.5 Å². The summed E-state index contributed by atoms with van der Waals surface area (Å²) in [4.78, 5) is 35.0. The fraction of sp³-hybridized carbons (Fsp3) is 0.880. The molecular formula is C25H45N3O11S2. The van der Waals surface area contributed by atoms with E-state index < -0.39 is 68.1 Å². The van der Waals surface area contributed by atoms with Crippen LogP contribution < -0.4 is 0 Å². The first kappa shape index (κ1) is 35.3. The van der Waals surface area contributed by atoms with Crippen molar-refractivity contribution in [3.63, 3.8) is 0 Å². The minimum Gasteiger partial charge on any atom is -0.479 e. The molecule has 3 fully saturated rings. The van der Waals surface area contributed by atoms with E-state index in [4.69, 9.17) is 20.4 Å². The van der Waals surface area contributed by atoms with E-state index in [0.717, 1.165) is 30.4 Å². The molecule has 3 aliphatic rings. The lowest BCUT2D eigenvalue weighted by Gasteiger charge is -2.28. The predicted octanol–water partition coefficient (Wildman–Crippen LogP) is -0.0991. The molecule has 238 valence electrons. The van der Waals surface area contributed by atoms with Gasteiger partial charge in [-0.25, -0.2) is 30.7 Å². The molecule has 0 saturated carbocycles. The quantitative estimate of drug-likeness (QED) is 0.199. The number of aliphatic carboxylic acids is 2. The molecule has 3 rings (SSSR count). The monoisotopic (exact) mass is 627 g/mol.